The van der Waals surface area contributed by atoms with Crippen molar-refractivity contribution in [1.29, 1.82) is 0 Å². The topological polar surface area (TPSA) is 128 Å². The van der Waals surface area contributed by atoms with Gasteiger partial charge in [0, 0.05) is 27.5 Å². The van der Waals surface area contributed by atoms with Crippen LogP contribution in [0.5, 0.6) is 5.75 Å². The lowest BCUT2D eigenvalue weighted by molar-refractivity contribution is -0.113. The Labute approximate surface area is 205 Å². The molecule has 5 N–H and O–H groups in total. The van der Waals surface area contributed by atoms with Gasteiger partial charge in [-0.25, -0.2) is 4.79 Å². The Balaban J connectivity index is 1.53. The highest BCUT2D eigenvalue weighted by Gasteiger charge is 2.12. The normalized spacial score (nSPS) is 10.3. The number of carboxylic acid groups (broad SMARTS) is 1. The van der Waals surface area contributed by atoms with E-state index in [0.717, 1.165) is 16.3 Å². The minimum atomic E-state index is -1.28. The largest absolute Gasteiger partial charge is 0.507 e. The van der Waals surface area contributed by atoms with Gasteiger partial charge in [0.15, 0.2) is 10.9 Å². The van der Waals surface area contributed by atoms with Gasteiger partial charge in [-0.3, -0.25) is 9.59 Å². The van der Waals surface area contributed by atoms with Crippen molar-refractivity contribution in [3.8, 4) is 5.75 Å². The van der Waals surface area contributed by atoms with Crippen molar-refractivity contribution in [2.45, 2.75) is 11.8 Å². The summed E-state index contributed by atoms with van der Waals surface area (Å²) in [4.78, 5) is 35.6. The zero-order valence-electron chi connectivity index (χ0n) is 18.0. The van der Waals surface area contributed by atoms with Crippen molar-refractivity contribution < 1.29 is 24.6 Å². The summed E-state index contributed by atoms with van der Waals surface area (Å²) in [7, 11) is 0. The number of carbonyl (C=O) groups is 3. The van der Waals surface area contributed by atoms with Crippen molar-refractivity contribution in [2.75, 3.05) is 21.7 Å². The number of thiocarbonyl (C=S) groups is 1. The molecule has 0 aromatic heterocycles. The smallest absolute Gasteiger partial charge is 0.339 e. The van der Waals surface area contributed by atoms with Gasteiger partial charge in [0.25, 0.3) is 0 Å². The molecule has 0 radical (unpaired) electrons. The number of phenols is 1. The lowest BCUT2D eigenvalue weighted by Crippen LogP contribution is -2.19. The first-order valence-corrected chi connectivity index (χ1v) is 11.4. The Bertz CT molecular complexity index is 1250. The molecular formula is C24H21N3O5S2. The van der Waals surface area contributed by atoms with E-state index < -0.39 is 5.97 Å². The van der Waals surface area contributed by atoms with E-state index in [9.17, 15) is 19.5 Å². The van der Waals surface area contributed by atoms with Crippen LogP contribution in [-0.4, -0.2) is 38.7 Å². The molecule has 174 valence electrons. The number of hydrogen-bond acceptors (Lipinski definition) is 6. The van der Waals surface area contributed by atoms with E-state index in [4.69, 9.17) is 17.3 Å². The van der Waals surface area contributed by atoms with E-state index in [-0.39, 0.29) is 34.4 Å². The summed E-state index contributed by atoms with van der Waals surface area (Å²) < 4.78 is 0. The Morgan fingerprint density at radius 3 is 2.21 bits per heavy atom. The number of benzene rings is 3. The molecule has 0 unspecified atom stereocenters. The van der Waals surface area contributed by atoms with Crippen LogP contribution in [0.3, 0.4) is 0 Å². The molecule has 0 saturated heterocycles. The molecule has 0 aliphatic carbocycles. The number of anilines is 3. The van der Waals surface area contributed by atoms with Crippen LogP contribution in [0, 0.1) is 0 Å². The molecule has 0 fully saturated rings. The molecule has 0 atom stereocenters. The third kappa shape index (κ3) is 7.06. The summed E-state index contributed by atoms with van der Waals surface area (Å²) >= 11 is 6.64. The van der Waals surface area contributed by atoms with E-state index in [0.29, 0.717) is 10.7 Å². The summed E-state index contributed by atoms with van der Waals surface area (Å²) in [5, 5.41) is 27.7. The van der Waals surface area contributed by atoms with Crippen LogP contribution < -0.4 is 16.0 Å². The lowest BCUT2D eigenvalue weighted by atomic mass is 10.1. The molecule has 0 aliphatic heterocycles. The molecule has 0 saturated carbocycles. The number of aromatic hydroxyl groups is 1. The van der Waals surface area contributed by atoms with E-state index >= 15 is 0 Å². The predicted octanol–water partition coefficient (Wildman–Crippen LogP) is 4.83. The first-order chi connectivity index (χ1) is 16.2. The van der Waals surface area contributed by atoms with Crippen molar-refractivity contribution in [3.63, 3.8) is 0 Å². The van der Waals surface area contributed by atoms with Crippen LogP contribution in [0.1, 0.15) is 27.6 Å². The quantitative estimate of drug-likeness (QED) is 0.129. The summed E-state index contributed by atoms with van der Waals surface area (Å²) in [6.07, 6.45) is 0. The van der Waals surface area contributed by atoms with Gasteiger partial charge < -0.3 is 26.2 Å². The van der Waals surface area contributed by atoms with E-state index in [2.05, 4.69) is 16.0 Å². The number of nitrogens with one attached hydrogen (secondary N) is 3. The summed E-state index contributed by atoms with van der Waals surface area (Å²) in [5.41, 5.74) is 2.08. The van der Waals surface area contributed by atoms with E-state index in [1.807, 2.05) is 24.3 Å². The van der Waals surface area contributed by atoms with Gasteiger partial charge >= 0.3 is 5.97 Å². The fraction of sp³-hybridized carbons (Fsp3) is 0.0833. The molecule has 1 amide bonds. The molecule has 8 nitrogen and oxygen atoms in total. The minimum Gasteiger partial charge on any atom is -0.507 e. The van der Waals surface area contributed by atoms with E-state index in [1.165, 1.54) is 36.9 Å². The minimum absolute atomic E-state index is 0.0108. The SMILES string of the molecule is CC(=O)c1ccc(NC(=S)Nc2cccc(SCC(=O)Nc3ccc(O)c(C(=O)O)c3)c2)cc1. The van der Waals surface area contributed by atoms with Gasteiger partial charge in [-0.1, -0.05) is 6.07 Å². The third-order valence-electron chi connectivity index (χ3n) is 4.52. The van der Waals surface area contributed by atoms with Crippen molar-refractivity contribution >= 4 is 63.8 Å². The van der Waals surface area contributed by atoms with Crippen LogP contribution >= 0.6 is 24.0 Å². The van der Waals surface area contributed by atoms with Crippen LogP contribution in [0.4, 0.5) is 17.1 Å². The number of aromatic carboxylic acids is 1. The average molecular weight is 496 g/mol. The monoisotopic (exact) mass is 495 g/mol. The van der Waals surface area contributed by atoms with Gasteiger partial charge in [0.2, 0.25) is 5.91 Å². The Kier molecular flexibility index (Phi) is 8.23. The molecule has 3 aromatic carbocycles. The number of carboxylic acids is 1. The van der Waals surface area contributed by atoms with Crippen LogP contribution in [0.25, 0.3) is 0 Å². The Morgan fingerprint density at radius 1 is 0.882 bits per heavy atom. The molecule has 0 heterocycles. The average Bonchev–Trinajstić information content (AvgIpc) is 2.79. The van der Waals surface area contributed by atoms with Gasteiger partial charge in [-0.05, 0) is 79.8 Å². The Hall–Kier alpha value is -3.89. The zero-order valence-corrected chi connectivity index (χ0v) is 19.6. The number of rotatable bonds is 8. The molecule has 0 spiro atoms. The lowest BCUT2D eigenvalue weighted by Gasteiger charge is -2.12. The van der Waals surface area contributed by atoms with Crippen LogP contribution in [-0.2, 0) is 4.79 Å². The second-order valence-electron chi connectivity index (χ2n) is 7.11. The third-order valence-corrected chi connectivity index (χ3v) is 5.72. The van der Waals surface area contributed by atoms with Gasteiger partial charge in [0.05, 0.1) is 5.75 Å². The van der Waals surface area contributed by atoms with Crippen LogP contribution in [0.2, 0.25) is 0 Å². The summed E-state index contributed by atoms with van der Waals surface area (Å²) in [6.45, 7) is 1.51. The highest BCUT2D eigenvalue weighted by Crippen LogP contribution is 2.24. The highest BCUT2D eigenvalue weighted by atomic mass is 32.2. The summed E-state index contributed by atoms with van der Waals surface area (Å²) in [6, 6.07) is 18.2. The van der Waals surface area contributed by atoms with Crippen molar-refractivity contribution in [2.24, 2.45) is 0 Å². The first-order valence-electron chi connectivity index (χ1n) is 9.99. The maximum atomic E-state index is 12.3. The van der Waals surface area contributed by atoms with E-state index in [1.54, 1.807) is 24.3 Å². The second-order valence-corrected chi connectivity index (χ2v) is 8.57. The predicted molar refractivity (Wildman–Crippen MR) is 137 cm³/mol. The standard InChI is InChI=1S/C24H21N3O5S2/c1-14(28)15-5-7-16(8-6-15)26-24(33)27-17-3-2-4-19(11-17)34-13-22(30)25-18-9-10-21(29)20(12-18)23(31)32/h2-12,29H,13H2,1H3,(H,25,30)(H,31,32)(H2,26,27,33). The zero-order chi connectivity index (χ0) is 24.7. The molecule has 3 rings (SSSR count). The molecule has 10 heteroatoms. The van der Waals surface area contributed by atoms with Crippen LogP contribution in [0.15, 0.2) is 71.6 Å². The number of ketones is 1. The molecule has 3 aromatic rings. The molecule has 0 bridgehead atoms. The fourth-order valence-corrected chi connectivity index (χ4v) is 3.87. The van der Waals surface area contributed by atoms with Gasteiger partial charge in [-0.2, -0.15) is 0 Å². The number of Topliss-reactive ketones (excluding diaryl/α,β-unsaturated/α-hetero) is 1. The van der Waals surface area contributed by atoms with Crippen molar-refractivity contribution in [1.82, 2.24) is 0 Å². The molecule has 0 aliphatic rings. The highest BCUT2D eigenvalue weighted by molar-refractivity contribution is 8.00. The summed E-state index contributed by atoms with van der Waals surface area (Å²) in [5.74, 6) is -1.89. The Morgan fingerprint density at radius 2 is 1.53 bits per heavy atom. The van der Waals surface area contributed by atoms with Gasteiger partial charge in [-0.15, -0.1) is 11.8 Å². The maximum absolute atomic E-state index is 12.3. The number of hydrogen-bond donors (Lipinski definition) is 5. The van der Waals surface area contributed by atoms with Gasteiger partial charge in [0.1, 0.15) is 11.3 Å². The second kappa shape index (κ2) is 11.3. The number of carbonyl (C=O) groups excluding carboxylic acids is 2. The number of thioether (sulfide) groups is 1. The molecule has 34 heavy (non-hydrogen) atoms. The number of amides is 1. The first kappa shape index (κ1) is 24.7. The van der Waals surface area contributed by atoms with Crippen molar-refractivity contribution in [3.05, 3.63) is 77.9 Å². The maximum Gasteiger partial charge on any atom is 0.339 e. The molecular weight excluding hydrogens is 474 g/mol. The fourth-order valence-electron chi connectivity index (χ4n) is 2.88.